The zero-order chi connectivity index (χ0) is 44.7. The van der Waals surface area contributed by atoms with Crippen molar-refractivity contribution in [2.24, 2.45) is 5.92 Å². The molecular weight excluding hydrogens is 835 g/mol. The Kier molecular flexibility index (Phi) is 13.4. The first-order chi connectivity index (χ1) is 30.9. The molecule has 2 aromatic heterocycles. The van der Waals surface area contributed by atoms with E-state index in [0.717, 1.165) is 76.4 Å². The zero-order valence-electron chi connectivity index (χ0n) is 34.6. The largest absolute Gasteiger partial charge is 0.354 e. The SMILES string of the molecule is O=C1CCC(c2cnc(N3CCN(CCC4CCN(NC(=O)c5ccc(Nc6ncc(F)c(Nc7ccc(NC(=O)c8c(F)cccc8F)cc7)n6)cc5)CC4)CC3)cc2F)C(=O)N1. The molecule has 19 heteroatoms. The fourth-order valence-electron chi connectivity index (χ4n) is 7.99. The van der Waals surface area contributed by atoms with Crippen LogP contribution in [-0.4, -0.2) is 94.3 Å². The molecule has 0 radical (unpaired) electrons. The number of carbonyl (C=O) groups is 4. The van der Waals surface area contributed by atoms with E-state index in [2.05, 4.69) is 51.4 Å². The number of pyridine rings is 1. The molecule has 5 N–H and O–H groups in total. The quantitative estimate of drug-likeness (QED) is 0.0665. The van der Waals surface area contributed by atoms with Gasteiger partial charge in [0.1, 0.15) is 28.8 Å². The number of hydrazine groups is 1. The zero-order valence-corrected chi connectivity index (χ0v) is 34.6. The summed E-state index contributed by atoms with van der Waals surface area (Å²) in [6, 6.07) is 17.2. The van der Waals surface area contributed by atoms with Crippen molar-refractivity contribution >= 4 is 58.3 Å². The summed E-state index contributed by atoms with van der Waals surface area (Å²) in [4.78, 5) is 66.4. The highest BCUT2D eigenvalue weighted by atomic mass is 19.1. The average Bonchev–Trinajstić information content (AvgIpc) is 3.28. The number of amides is 4. The maximum atomic E-state index is 15.1. The topological polar surface area (TPSA) is 177 Å². The number of carbonyl (C=O) groups excluding carboxylic acids is 4. The lowest BCUT2D eigenvalue weighted by molar-refractivity contribution is -0.134. The predicted octanol–water partition coefficient (Wildman–Crippen LogP) is 6.26. The number of benzene rings is 3. The van der Waals surface area contributed by atoms with Crippen LogP contribution in [0.5, 0.6) is 0 Å². The number of hydrogen-bond donors (Lipinski definition) is 5. The highest BCUT2D eigenvalue weighted by Crippen LogP contribution is 2.29. The van der Waals surface area contributed by atoms with Gasteiger partial charge in [0.2, 0.25) is 17.8 Å². The maximum Gasteiger partial charge on any atom is 0.265 e. The van der Waals surface area contributed by atoms with E-state index in [1.807, 2.05) is 5.01 Å². The molecule has 1 atom stereocenters. The summed E-state index contributed by atoms with van der Waals surface area (Å²) in [5, 5.41) is 12.5. The third-order valence-corrected chi connectivity index (χ3v) is 11.6. The van der Waals surface area contributed by atoms with Gasteiger partial charge in [-0.25, -0.2) is 32.5 Å². The Morgan fingerprint density at radius 2 is 1.39 bits per heavy atom. The second-order valence-electron chi connectivity index (χ2n) is 15.9. The summed E-state index contributed by atoms with van der Waals surface area (Å²) in [6.45, 7) is 5.47. The van der Waals surface area contributed by atoms with Crippen LogP contribution in [0.25, 0.3) is 0 Å². The Bertz CT molecular complexity index is 2500. The van der Waals surface area contributed by atoms with Crippen molar-refractivity contribution in [2.75, 3.05) is 66.7 Å². The first kappa shape index (κ1) is 43.7. The number of hydrogen-bond acceptors (Lipinski definition) is 12. The molecular formula is C45H45F4N11O4. The number of nitrogens with one attached hydrogen (secondary N) is 5. The van der Waals surface area contributed by atoms with E-state index in [1.54, 1.807) is 24.3 Å². The first-order valence-corrected chi connectivity index (χ1v) is 21.0. The van der Waals surface area contributed by atoms with Crippen LogP contribution < -0.4 is 31.6 Å². The van der Waals surface area contributed by atoms with Gasteiger partial charge in [-0.3, -0.25) is 34.8 Å². The number of piperidine rings is 2. The van der Waals surface area contributed by atoms with Gasteiger partial charge in [-0.15, -0.1) is 0 Å². The molecule has 3 fully saturated rings. The van der Waals surface area contributed by atoms with Gasteiger partial charge < -0.3 is 20.9 Å². The summed E-state index contributed by atoms with van der Waals surface area (Å²) >= 11 is 0. The Morgan fingerprint density at radius 3 is 2.08 bits per heavy atom. The third-order valence-electron chi connectivity index (χ3n) is 11.6. The van der Waals surface area contributed by atoms with Crippen LogP contribution in [0, 0.1) is 29.2 Å². The van der Waals surface area contributed by atoms with Crippen molar-refractivity contribution in [2.45, 2.75) is 38.0 Å². The summed E-state index contributed by atoms with van der Waals surface area (Å²) in [5.74, 6) is -4.90. The molecule has 0 saturated carbocycles. The fraction of sp³-hybridized carbons (Fsp3) is 0.311. The number of aromatic nitrogens is 3. The molecule has 332 valence electrons. The minimum Gasteiger partial charge on any atom is -0.354 e. The molecule has 5 aromatic rings. The third kappa shape index (κ3) is 10.6. The van der Waals surface area contributed by atoms with Crippen LogP contribution in [0.1, 0.15) is 64.3 Å². The average molecular weight is 880 g/mol. The maximum absolute atomic E-state index is 15.1. The number of imide groups is 1. The minimum absolute atomic E-state index is 0.0895. The van der Waals surface area contributed by atoms with Crippen LogP contribution in [0.4, 0.5) is 52.2 Å². The molecule has 4 amide bonds. The van der Waals surface area contributed by atoms with Crippen LogP contribution in [0.15, 0.2) is 85.2 Å². The van der Waals surface area contributed by atoms with E-state index in [0.29, 0.717) is 41.8 Å². The standard InChI is InChI=1S/C45H45F4N11O4/c46-34-2-1-3-35(47)40(34)44(64)53-30-10-8-29(9-11-30)52-41-37(49)26-51-45(56-41)54-31-6-4-28(5-7-31)42(62)57-60-18-15-27(16-19-60)14-17-58-20-22-59(23-21-58)38-24-36(48)33(25-50-38)32-12-13-39(61)55-43(32)63/h1-11,24-27,32H,12-23H2,(H,53,64)(H,57,62)(H,55,61,63)(H2,51,52,54,56). The molecule has 3 aromatic carbocycles. The molecule has 0 aliphatic carbocycles. The van der Waals surface area contributed by atoms with Crippen LogP contribution in [0.2, 0.25) is 0 Å². The summed E-state index contributed by atoms with van der Waals surface area (Å²) in [6.07, 6.45) is 5.80. The second-order valence-corrected chi connectivity index (χ2v) is 15.9. The lowest BCUT2D eigenvalue weighted by Gasteiger charge is -2.37. The van der Waals surface area contributed by atoms with Crippen molar-refractivity contribution < 1.29 is 36.7 Å². The smallest absolute Gasteiger partial charge is 0.265 e. The minimum atomic E-state index is -0.988. The fourth-order valence-corrected chi connectivity index (χ4v) is 7.99. The summed E-state index contributed by atoms with van der Waals surface area (Å²) in [7, 11) is 0. The lowest BCUT2D eigenvalue weighted by Crippen LogP contribution is -2.48. The van der Waals surface area contributed by atoms with E-state index >= 15 is 4.39 Å². The van der Waals surface area contributed by atoms with Crippen LogP contribution in [0.3, 0.4) is 0 Å². The van der Waals surface area contributed by atoms with Gasteiger partial charge in [-0.2, -0.15) is 4.98 Å². The number of rotatable bonds is 13. The molecule has 1 unspecified atom stereocenters. The van der Waals surface area contributed by atoms with Crippen molar-refractivity contribution in [1.82, 2.24) is 35.6 Å². The highest BCUT2D eigenvalue weighted by molar-refractivity contribution is 6.04. The number of nitrogens with zero attached hydrogens (tertiary/aromatic N) is 6. The molecule has 5 heterocycles. The van der Waals surface area contributed by atoms with Crippen LogP contribution in [-0.2, 0) is 9.59 Å². The molecule has 0 bridgehead atoms. The Hall–Kier alpha value is -6.99. The van der Waals surface area contributed by atoms with Crippen molar-refractivity contribution in [3.8, 4) is 0 Å². The van der Waals surface area contributed by atoms with E-state index in [1.165, 1.54) is 36.5 Å². The van der Waals surface area contributed by atoms with E-state index in [-0.39, 0.29) is 47.7 Å². The number of anilines is 6. The van der Waals surface area contributed by atoms with Gasteiger partial charge in [0.05, 0.1) is 12.1 Å². The lowest BCUT2D eigenvalue weighted by atomic mass is 9.91. The Morgan fingerprint density at radius 1 is 0.719 bits per heavy atom. The molecule has 64 heavy (non-hydrogen) atoms. The molecule has 0 spiro atoms. The highest BCUT2D eigenvalue weighted by Gasteiger charge is 2.31. The van der Waals surface area contributed by atoms with E-state index in [9.17, 15) is 32.3 Å². The molecule has 8 rings (SSSR count). The number of piperazine rings is 1. The van der Waals surface area contributed by atoms with Gasteiger partial charge >= 0.3 is 0 Å². The van der Waals surface area contributed by atoms with E-state index in [4.69, 9.17) is 0 Å². The molecule has 3 aliphatic rings. The van der Waals surface area contributed by atoms with Gasteiger partial charge in [0.25, 0.3) is 11.8 Å². The Labute approximate surface area is 365 Å². The second kappa shape index (κ2) is 19.6. The van der Waals surface area contributed by atoms with Crippen LogP contribution >= 0.6 is 0 Å². The summed E-state index contributed by atoms with van der Waals surface area (Å²) in [5.41, 5.74) is 4.22. The van der Waals surface area contributed by atoms with Gasteiger partial charge in [0, 0.05) is 86.1 Å². The molecule has 3 aliphatic heterocycles. The number of halogens is 4. The van der Waals surface area contributed by atoms with Gasteiger partial charge in [-0.1, -0.05) is 6.07 Å². The molecule has 3 saturated heterocycles. The monoisotopic (exact) mass is 879 g/mol. The summed E-state index contributed by atoms with van der Waals surface area (Å²) < 4.78 is 57.7. The normalized spacial score (nSPS) is 17.4. The van der Waals surface area contributed by atoms with Crippen molar-refractivity contribution in [3.63, 3.8) is 0 Å². The predicted molar refractivity (Wildman–Crippen MR) is 230 cm³/mol. The Balaban J connectivity index is 0.744. The first-order valence-electron chi connectivity index (χ1n) is 21.0. The van der Waals surface area contributed by atoms with E-state index < -0.39 is 46.6 Å². The van der Waals surface area contributed by atoms with Crippen molar-refractivity contribution in [3.05, 3.63) is 125 Å². The van der Waals surface area contributed by atoms with Crippen molar-refractivity contribution in [1.29, 1.82) is 0 Å². The van der Waals surface area contributed by atoms with Gasteiger partial charge in [0.15, 0.2) is 11.6 Å². The van der Waals surface area contributed by atoms with Gasteiger partial charge in [-0.05, 0) is 98.8 Å². The molecule has 15 nitrogen and oxygen atoms in total.